The number of esters is 1. The summed E-state index contributed by atoms with van der Waals surface area (Å²) in [7, 11) is 0. The van der Waals surface area contributed by atoms with E-state index in [4.69, 9.17) is 15.2 Å². The number of nitrogen functional groups attached to an aromatic ring is 1. The van der Waals surface area contributed by atoms with Gasteiger partial charge in [-0.15, -0.1) is 0 Å². The first-order valence-electron chi connectivity index (χ1n) is 5.91. The van der Waals surface area contributed by atoms with Crippen LogP contribution in [0.3, 0.4) is 0 Å². The van der Waals surface area contributed by atoms with Gasteiger partial charge in [0, 0.05) is 12.7 Å². The molecule has 1 saturated carbocycles. The molecule has 17 heavy (non-hydrogen) atoms. The molecule has 0 aromatic carbocycles. The number of hydrogen-bond acceptors (Lipinski definition) is 4. The molecule has 94 valence electrons. The molecule has 2 N–H and O–H groups in total. The van der Waals surface area contributed by atoms with Gasteiger partial charge in [-0.1, -0.05) is 0 Å². The molecule has 5 heteroatoms. The highest BCUT2D eigenvalue weighted by atomic mass is 16.7. The third-order valence-electron chi connectivity index (χ3n) is 2.79. The van der Waals surface area contributed by atoms with Crippen molar-refractivity contribution in [2.45, 2.75) is 26.3 Å². The van der Waals surface area contributed by atoms with Crippen molar-refractivity contribution in [1.29, 1.82) is 0 Å². The van der Waals surface area contributed by atoms with Crippen LogP contribution in [0.2, 0.25) is 0 Å². The number of rotatable bonds is 6. The number of nitrogens with zero attached hydrogens (tertiary/aromatic N) is 1. The van der Waals surface area contributed by atoms with Crippen molar-refractivity contribution in [2.24, 2.45) is 5.92 Å². The number of nitrogens with two attached hydrogens (primary N) is 1. The van der Waals surface area contributed by atoms with Crippen LogP contribution in [0.1, 0.15) is 30.3 Å². The molecule has 1 aliphatic rings. The lowest BCUT2D eigenvalue weighted by molar-refractivity contribution is -0.0351. The van der Waals surface area contributed by atoms with Gasteiger partial charge in [0.2, 0.25) is 0 Å². The van der Waals surface area contributed by atoms with Crippen LogP contribution in [-0.4, -0.2) is 23.9 Å². The summed E-state index contributed by atoms with van der Waals surface area (Å²) in [6.07, 6.45) is 4.17. The number of carbonyl (C=O) groups excluding carboxylic acids is 1. The Hall–Kier alpha value is -1.49. The first kappa shape index (κ1) is 12.0. The van der Waals surface area contributed by atoms with Gasteiger partial charge in [0.15, 0.2) is 6.79 Å². The van der Waals surface area contributed by atoms with E-state index in [9.17, 15) is 4.79 Å². The predicted molar refractivity (Wildman–Crippen MR) is 63.5 cm³/mol. The second-order valence-corrected chi connectivity index (χ2v) is 4.31. The maximum absolute atomic E-state index is 11.7. The number of anilines is 1. The van der Waals surface area contributed by atoms with Crippen LogP contribution in [0.4, 0.5) is 5.69 Å². The topological polar surface area (TPSA) is 66.5 Å². The van der Waals surface area contributed by atoms with Crippen LogP contribution in [0.15, 0.2) is 12.3 Å². The molecule has 2 rings (SSSR count). The summed E-state index contributed by atoms with van der Waals surface area (Å²) in [6.45, 7) is 3.33. The second-order valence-electron chi connectivity index (χ2n) is 4.31. The van der Waals surface area contributed by atoms with Crippen LogP contribution in [0, 0.1) is 5.92 Å². The molecular weight excluding hydrogens is 220 g/mol. The first-order valence-corrected chi connectivity index (χ1v) is 5.91. The van der Waals surface area contributed by atoms with Gasteiger partial charge in [-0.25, -0.2) is 4.79 Å². The summed E-state index contributed by atoms with van der Waals surface area (Å²) >= 11 is 0. The molecule has 0 aliphatic heterocycles. The molecule has 0 amide bonds. The van der Waals surface area contributed by atoms with E-state index in [-0.39, 0.29) is 12.8 Å². The zero-order valence-corrected chi connectivity index (χ0v) is 10.0. The van der Waals surface area contributed by atoms with Gasteiger partial charge in [-0.3, -0.25) is 0 Å². The molecule has 0 radical (unpaired) electrons. The van der Waals surface area contributed by atoms with E-state index in [1.807, 2.05) is 6.92 Å². The van der Waals surface area contributed by atoms with Gasteiger partial charge in [0.05, 0.1) is 12.3 Å². The number of hydrogen-bond donors (Lipinski definition) is 1. The van der Waals surface area contributed by atoms with Crippen LogP contribution >= 0.6 is 0 Å². The van der Waals surface area contributed by atoms with Gasteiger partial charge in [0.25, 0.3) is 0 Å². The summed E-state index contributed by atoms with van der Waals surface area (Å²) in [4.78, 5) is 11.7. The molecule has 0 bridgehead atoms. The van der Waals surface area contributed by atoms with Crippen LogP contribution < -0.4 is 5.73 Å². The van der Waals surface area contributed by atoms with E-state index in [1.54, 1.807) is 16.8 Å². The Morgan fingerprint density at radius 3 is 3.00 bits per heavy atom. The van der Waals surface area contributed by atoms with E-state index in [0.717, 1.165) is 0 Å². The van der Waals surface area contributed by atoms with Crippen LogP contribution in [0.25, 0.3) is 0 Å². The fourth-order valence-corrected chi connectivity index (χ4v) is 1.63. The average molecular weight is 238 g/mol. The highest BCUT2D eigenvalue weighted by Gasteiger charge is 2.21. The maximum Gasteiger partial charge on any atom is 0.357 e. The molecule has 1 aromatic rings. The Bertz CT molecular complexity index is 396. The Balaban J connectivity index is 1.80. The lowest BCUT2D eigenvalue weighted by Crippen LogP contribution is -2.13. The Labute approximate surface area is 100 Å². The molecule has 0 atom stereocenters. The minimum atomic E-state index is -0.389. The molecule has 1 aromatic heterocycles. The zero-order chi connectivity index (χ0) is 12.3. The monoisotopic (exact) mass is 238 g/mol. The summed E-state index contributed by atoms with van der Waals surface area (Å²) in [5, 5.41) is 0. The standard InChI is InChI=1S/C12H18N2O3/c1-2-14-6-10(13)5-11(14)12(15)17-8-16-7-9-3-4-9/h5-6,9H,2-4,7-8,13H2,1H3. The zero-order valence-electron chi connectivity index (χ0n) is 10.0. The highest BCUT2D eigenvalue weighted by Crippen LogP contribution is 2.28. The maximum atomic E-state index is 11.7. The molecule has 1 heterocycles. The fourth-order valence-electron chi connectivity index (χ4n) is 1.63. The van der Waals surface area contributed by atoms with Gasteiger partial charge >= 0.3 is 5.97 Å². The Morgan fingerprint density at radius 2 is 2.35 bits per heavy atom. The van der Waals surface area contributed by atoms with E-state index in [0.29, 0.717) is 30.5 Å². The number of ether oxygens (including phenoxy) is 2. The smallest absolute Gasteiger partial charge is 0.357 e. The molecule has 1 aliphatic carbocycles. The SMILES string of the molecule is CCn1cc(N)cc1C(=O)OCOCC1CC1. The van der Waals surface area contributed by atoms with E-state index in [1.165, 1.54) is 12.8 Å². The van der Waals surface area contributed by atoms with Gasteiger partial charge in [0.1, 0.15) is 5.69 Å². The largest absolute Gasteiger partial charge is 0.434 e. The quantitative estimate of drug-likeness (QED) is 0.464. The van der Waals surface area contributed by atoms with Crippen molar-refractivity contribution in [2.75, 3.05) is 19.1 Å². The fraction of sp³-hybridized carbons (Fsp3) is 0.583. The van der Waals surface area contributed by atoms with Crippen LogP contribution in [-0.2, 0) is 16.0 Å². The third-order valence-corrected chi connectivity index (χ3v) is 2.79. The van der Waals surface area contributed by atoms with Crippen molar-refractivity contribution >= 4 is 11.7 Å². The summed E-state index contributed by atoms with van der Waals surface area (Å²) in [5.74, 6) is 0.281. The van der Waals surface area contributed by atoms with Crippen LogP contribution in [0.5, 0.6) is 0 Å². The summed E-state index contributed by atoms with van der Waals surface area (Å²) in [6, 6.07) is 1.62. The molecule has 1 fully saturated rings. The number of carbonyl (C=O) groups is 1. The molecule has 0 spiro atoms. The van der Waals surface area contributed by atoms with Crippen molar-refractivity contribution in [3.8, 4) is 0 Å². The Morgan fingerprint density at radius 1 is 1.59 bits per heavy atom. The molecular formula is C12H18N2O3. The number of aryl methyl sites for hydroxylation is 1. The average Bonchev–Trinajstić information content (AvgIpc) is 3.06. The van der Waals surface area contributed by atoms with Crippen molar-refractivity contribution < 1.29 is 14.3 Å². The summed E-state index contributed by atoms with van der Waals surface area (Å²) in [5.41, 5.74) is 6.68. The Kier molecular flexibility index (Phi) is 3.68. The van der Waals surface area contributed by atoms with Gasteiger partial charge in [-0.2, -0.15) is 0 Å². The van der Waals surface area contributed by atoms with E-state index in [2.05, 4.69) is 0 Å². The lowest BCUT2D eigenvalue weighted by Gasteiger charge is -2.07. The third kappa shape index (κ3) is 3.23. The molecule has 0 saturated heterocycles. The highest BCUT2D eigenvalue weighted by molar-refractivity contribution is 5.89. The van der Waals surface area contributed by atoms with E-state index >= 15 is 0 Å². The minimum absolute atomic E-state index is 0.0180. The molecule has 5 nitrogen and oxygen atoms in total. The predicted octanol–water partition coefficient (Wildman–Crippen LogP) is 1.63. The van der Waals surface area contributed by atoms with Crippen molar-refractivity contribution in [1.82, 2.24) is 4.57 Å². The summed E-state index contributed by atoms with van der Waals surface area (Å²) < 4.78 is 12.0. The number of aromatic nitrogens is 1. The second kappa shape index (κ2) is 5.23. The molecule has 0 unspecified atom stereocenters. The van der Waals surface area contributed by atoms with Gasteiger partial charge in [-0.05, 0) is 31.7 Å². The minimum Gasteiger partial charge on any atom is -0.434 e. The lowest BCUT2D eigenvalue weighted by atomic mass is 10.4. The van der Waals surface area contributed by atoms with Gasteiger partial charge < -0.3 is 19.8 Å². The first-order chi connectivity index (χ1) is 8.20. The van der Waals surface area contributed by atoms with E-state index < -0.39 is 0 Å². The van der Waals surface area contributed by atoms with Crippen molar-refractivity contribution in [3.05, 3.63) is 18.0 Å². The van der Waals surface area contributed by atoms with Crippen molar-refractivity contribution in [3.63, 3.8) is 0 Å². The normalized spacial score (nSPS) is 14.9.